The van der Waals surface area contributed by atoms with Crippen molar-refractivity contribution in [3.8, 4) is 0 Å². The largest absolute Gasteiger partial charge is 0.444 e. The van der Waals surface area contributed by atoms with Gasteiger partial charge in [-0.1, -0.05) is 0 Å². The molecular weight excluding hydrogens is 447 g/mol. The highest BCUT2D eigenvalue weighted by Gasteiger charge is 2.57. The summed E-state index contributed by atoms with van der Waals surface area (Å²) in [5.41, 5.74) is -3.52. The molecule has 3 rings (SSSR count). The number of sulfonamides is 1. The normalized spacial score (nSPS) is 24.9. The van der Waals surface area contributed by atoms with E-state index in [0.717, 1.165) is 25.2 Å². The number of hydrogen-bond acceptors (Lipinski definition) is 8. The minimum atomic E-state index is -4.32. The second-order valence-electron chi connectivity index (χ2n) is 8.65. The molecule has 1 fully saturated rings. The van der Waals surface area contributed by atoms with Crippen LogP contribution in [0.1, 0.15) is 45.6 Å². The Balaban J connectivity index is 2.22. The summed E-state index contributed by atoms with van der Waals surface area (Å²) >= 11 is 0. The molecule has 2 atom stereocenters. The molecule has 32 heavy (non-hydrogen) atoms. The number of Topliss-reactive ketones (excluding diaryl/α,β-unsaturated/α-hetero) is 1. The summed E-state index contributed by atoms with van der Waals surface area (Å²) in [6, 6.07) is 2.73. The average Bonchev–Trinajstić information content (AvgIpc) is 2.66. The number of non-ortho nitro benzene ring substituents is 1. The smallest absolute Gasteiger partial charge is 0.414 e. The summed E-state index contributed by atoms with van der Waals surface area (Å²) in [4.78, 5) is 39.3. The Hall–Kier alpha value is -3.09. The molecule has 0 aromatic heterocycles. The van der Waals surface area contributed by atoms with Gasteiger partial charge in [-0.05, 0) is 33.3 Å². The Labute approximate surface area is 183 Å². The maximum absolute atomic E-state index is 14.9. The number of nitrogens with one attached hydrogen (secondary N) is 1. The third-order valence-electron chi connectivity index (χ3n) is 5.32. The van der Waals surface area contributed by atoms with E-state index in [9.17, 15) is 32.5 Å². The van der Waals surface area contributed by atoms with Gasteiger partial charge in [-0.3, -0.25) is 20.2 Å². The summed E-state index contributed by atoms with van der Waals surface area (Å²) in [6.45, 7) is 4.83. The van der Waals surface area contributed by atoms with Crippen molar-refractivity contribution in [2.75, 3.05) is 7.05 Å². The van der Waals surface area contributed by atoms with Crippen molar-refractivity contribution >= 4 is 33.5 Å². The van der Waals surface area contributed by atoms with Crippen molar-refractivity contribution in [3.05, 3.63) is 39.7 Å². The van der Waals surface area contributed by atoms with Gasteiger partial charge in [0.1, 0.15) is 28.0 Å². The van der Waals surface area contributed by atoms with Crippen LogP contribution in [0.15, 0.2) is 23.2 Å². The van der Waals surface area contributed by atoms with E-state index in [-0.39, 0.29) is 24.2 Å². The zero-order valence-electron chi connectivity index (χ0n) is 17.9. The van der Waals surface area contributed by atoms with Gasteiger partial charge in [0.25, 0.3) is 5.69 Å². The number of amides is 1. The summed E-state index contributed by atoms with van der Waals surface area (Å²) in [5.74, 6) is -1.70. The van der Waals surface area contributed by atoms with Crippen LogP contribution in [0.25, 0.3) is 0 Å². The highest BCUT2D eigenvalue weighted by atomic mass is 32.2. The number of ketones is 1. The van der Waals surface area contributed by atoms with Gasteiger partial charge in [0.15, 0.2) is 0 Å². The third-order valence-corrected chi connectivity index (χ3v) is 7.53. The number of ether oxygens (including phenoxy) is 1. The van der Waals surface area contributed by atoms with E-state index in [4.69, 9.17) is 4.74 Å². The lowest BCUT2D eigenvalue weighted by Crippen LogP contribution is -2.61. The lowest BCUT2D eigenvalue weighted by atomic mass is 9.75. The molecule has 0 radical (unpaired) electrons. The zero-order chi connectivity index (χ0) is 24.1. The van der Waals surface area contributed by atoms with Gasteiger partial charge >= 0.3 is 6.09 Å². The first-order valence-electron chi connectivity index (χ1n) is 9.71. The molecule has 174 valence electrons. The summed E-state index contributed by atoms with van der Waals surface area (Å²) < 4.78 is 47.4. The van der Waals surface area contributed by atoms with Gasteiger partial charge in [-0.2, -0.15) is 0 Å². The maximum atomic E-state index is 14.9. The number of nitro benzene ring substituents is 1. The van der Waals surface area contributed by atoms with Crippen LogP contribution < -0.4 is 5.32 Å². The number of halogens is 1. The zero-order valence-corrected chi connectivity index (χ0v) is 18.7. The first-order chi connectivity index (χ1) is 14.7. The van der Waals surface area contributed by atoms with Crippen LogP contribution in [0.2, 0.25) is 0 Å². The highest BCUT2D eigenvalue weighted by Crippen LogP contribution is 2.47. The number of nitrogens with zero attached hydrogens (tertiary/aromatic N) is 3. The lowest BCUT2D eigenvalue weighted by molar-refractivity contribution is -0.385. The number of aliphatic imine (C=N–C) groups is 1. The standard InChI is InChI=1S/C19H23FN4O7S/c1-18(2,3)31-17(26)21-16-22-19(13-9-11(24(27)28)5-6-14(13)20)8-7-12(25)10-15(19)32(29,30)23(16)4/h5-6,9,15H,7-8,10H2,1-4H3,(H,21,22,26)/t15-,19?/m0/s1. The number of benzene rings is 1. The van der Waals surface area contributed by atoms with Gasteiger partial charge in [-0.25, -0.2) is 26.9 Å². The number of fused-ring (bicyclic) bond motifs is 1. The van der Waals surface area contributed by atoms with Crippen LogP contribution in [0.4, 0.5) is 14.9 Å². The number of rotatable bonds is 2. The van der Waals surface area contributed by atoms with E-state index in [0.29, 0.717) is 4.31 Å². The molecule has 1 aliphatic carbocycles. The Morgan fingerprint density at radius 3 is 2.66 bits per heavy atom. The van der Waals surface area contributed by atoms with E-state index in [1.165, 1.54) is 0 Å². The molecule has 1 unspecified atom stereocenters. The lowest BCUT2D eigenvalue weighted by Gasteiger charge is -2.46. The molecule has 2 aliphatic rings. The van der Waals surface area contributed by atoms with Crippen LogP contribution >= 0.6 is 0 Å². The van der Waals surface area contributed by atoms with Gasteiger partial charge in [0, 0.05) is 37.6 Å². The molecule has 1 amide bonds. The molecule has 1 saturated carbocycles. The molecule has 0 bridgehead atoms. The van der Waals surface area contributed by atoms with Gasteiger partial charge < -0.3 is 4.74 Å². The quantitative estimate of drug-likeness (QED) is 0.514. The summed E-state index contributed by atoms with van der Waals surface area (Å²) in [5, 5.41) is 12.0. The SMILES string of the molecule is CN1C(NC(=O)OC(C)(C)C)=NC2(c3cc([N+](=O)[O-])ccc3F)CCC(=O)C[C@@H]2S1(=O)=O. The summed E-state index contributed by atoms with van der Waals surface area (Å²) in [6.07, 6.45) is -1.75. The molecule has 1 heterocycles. The fraction of sp³-hybridized carbons (Fsp3) is 0.526. The van der Waals surface area contributed by atoms with Crippen molar-refractivity contribution in [1.82, 2.24) is 9.62 Å². The van der Waals surface area contributed by atoms with Crippen LogP contribution in [0, 0.1) is 15.9 Å². The van der Waals surface area contributed by atoms with Crippen molar-refractivity contribution in [2.45, 2.75) is 56.4 Å². The van der Waals surface area contributed by atoms with Crippen LogP contribution in [-0.4, -0.2) is 53.4 Å². The van der Waals surface area contributed by atoms with Gasteiger partial charge in [-0.15, -0.1) is 0 Å². The van der Waals surface area contributed by atoms with Gasteiger partial charge in [0.05, 0.1) is 4.92 Å². The Bertz CT molecular complexity index is 1130. The third kappa shape index (κ3) is 4.16. The van der Waals surface area contributed by atoms with Crippen LogP contribution in [0.5, 0.6) is 0 Å². The predicted octanol–water partition coefficient (Wildman–Crippen LogP) is 2.21. The molecule has 1 N–H and O–H groups in total. The maximum Gasteiger partial charge on any atom is 0.414 e. The van der Waals surface area contributed by atoms with E-state index >= 15 is 0 Å². The molecule has 0 spiro atoms. The van der Waals surface area contributed by atoms with E-state index in [1.54, 1.807) is 20.8 Å². The molecule has 1 aromatic carbocycles. The Kier molecular flexibility index (Phi) is 5.74. The fourth-order valence-corrected chi connectivity index (χ4v) is 5.74. The molecular formula is C19H23FN4O7S. The average molecular weight is 470 g/mol. The number of carbonyl (C=O) groups is 2. The minimum absolute atomic E-state index is 0.110. The van der Waals surface area contributed by atoms with Crippen molar-refractivity contribution in [1.29, 1.82) is 0 Å². The van der Waals surface area contributed by atoms with Crippen molar-refractivity contribution in [3.63, 3.8) is 0 Å². The van der Waals surface area contributed by atoms with Crippen LogP contribution in [-0.2, 0) is 25.1 Å². The van der Waals surface area contributed by atoms with E-state index in [2.05, 4.69) is 10.3 Å². The molecule has 13 heteroatoms. The number of guanidine groups is 1. The molecule has 1 aromatic rings. The molecule has 1 aliphatic heterocycles. The number of nitro groups is 1. The number of carbonyl (C=O) groups excluding carboxylic acids is 2. The second-order valence-corrected chi connectivity index (χ2v) is 10.8. The van der Waals surface area contributed by atoms with E-state index < -0.39 is 61.3 Å². The molecule has 0 saturated heterocycles. The van der Waals surface area contributed by atoms with E-state index in [1.807, 2.05) is 0 Å². The van der Waals surface area contributed by atoms with Gasteiger partial charge in [0.2, 0.25) is 16.0 Å². The second kappa shape index (κ2) is 7.80. The summed E-state index contributed by atoms with van der Waals surface area (Å²) in [7, 11) is -3.18. The Morgan fingerprint density at radius 1 is 1.41 bits per heavy atom. The number of alkyl carbamates (subject to hydrolysis) is 1. The first-order valence-corrected chi connectivity index (χ1v) is 11.2. The topological polar surface area (TPSA) is 148 Å². The predicted molar refractivity (Wildman–Crippen MR) is 111 cm³/mol. The Morgan fingerprint density at radius 2 is 2.06 bits per heavy atom. The number of hydrogen-bond donors (Lipinski definition) is 1. The molecule has 11 nitrogen and oxygen atoms in total. The highest BCUT2D eigenvalue weighted by molar-refractivity contribution is 7.90. The fourth-order valence-electron chi connectivity index (χ4n) is 3.85. The first kappa shape index (κ1) is 23.6. The van der Waals surface area contributed by atoms with Crippen molar-refractivity contribution in [2.24, 2.45) is 4.99 Å². The van der Waals surface area contributed by atoms with Crippen LogP contribution in [0.3, 0.4) is 0 Å². The minimum Gasteiger partial charge on any atom is -0.444 e. The monoisotopic (exact) mass is 470 g/mol. The van der Waals surface area contributed by atoms with Crippen molar-refractivity contribution < 1.29 is 32.1 Å².